The van der Waals surface area contributed by atoms with E-state index < -0.39 is 4.92 Å². The number of carbonyl (C=O) groups excluding carboxylic acids is 1. The maximum absolute atomic E-state index is 13.3. The van der Waals surface area contributed by atoms with Crippen LogP contribution in [0.4, 0.5) is 11.4 Å². The standard InChI is InChI=1S/C24H18BrN3O3/c1-14-8-9-18(12-22(14)28(30)31)26-24(29)20-13-21(16-6-4-3-5-7-16)27-23-15(2)10-17(25)11-19(20)23/h3-13H,1-2H3,(H,26,29). The normalized spacial score (nSPS) is 10.8. The van der Waals surface area contributed by atoms with Gasteiger partial charge in [0.1, 0.15) is 0 Å². The zero-order valence-corrected chi connectivity index (χ0v) is 18.4. The number of pyridine rings is 1. The van der Waals surface area contributed by atoms with Crippen molar-refractivity contribution in [2.45, 2.75) is 13.8 Å². The number of aromatic nitrogens is 1. The second kappa shape index (κ2) is 8.28. The first kappa shape index (κ1) is 20.7. The number of rotatable bonds is 4. The average molecular weight is 476 g/mol. The number of carbonyl (C=O) groups is 1. The SMILES string of the molecule is Cc1ccc(NC(=O)c2cc(-c3ccccc3)nc3c(C)cc(Br)cc23)cc1[N+](=O)[O-]. The van der Waals surface area contributed by atoms with E-state index in [4.69, 9.17) is 4.98 Å². The van der Waals surface area contributed by atoms with Crippen LogP contribution in [-0.2, 0) is 0 Å². The van der Waals surface area contributed by atoms with E-state index in [2.05, 4.69) is 21.2 Å². The number of nitro groups is 1. The molecular weight excluding hydrogens is 458 g/mol. The van der Waals surface area contributed by atoms with E-state index in [1.54, 1.807) is 25.1 Å². The predicted molar refractivity (Wildman–Crippen MR) is 125 cm³/mol. The fourth-order valence-electron chi connectivity index (χ4n) is 3.48. The molecular formula is C24H18BrN3O3. The number of nitro benzene ring substituents is 1. The first-order valence-corrected chi connectivity index (χ1v) is 10.4. The molecule has 1 amide bonds. The molecule has 3 aromatic carbocycles. The molecule has 0 fully saturated rings. The van der Waals surface area contributed by atoms with Crippen LogP contribution in [0.1, 0.15) is 21.5 Å². The van der Waals surface area contributed by atoms with Crippen molar-refractivity contribution in [2.75, 3.05) is 5.32 Å². The third-order valence-corrected chi connectivity index (χ3v) is 5.50. The highest BCUT2D eigenvalue weighted by Crippen LogP contribution is 2.30. The zero-order chi connectivity index (χ0) is 22.1. The van der Waals surface area contributed by atoms with E-state index in [1.807, 2.05) is 49.4 Å². The quantitative estimate of drug-likeness (QED) is 0.271. The van der Waals surface area contributed by atoms with E-state index in [-0.39, 0.29) is 11.6 Å². The maximum atomic E-state index is 13.3. The molecule has 1 heterocycles. The lowest BCUT2D eigenvalue weighted by Crippen LogP contribution is -2.13. The van der Waals surface area contributed by atoms with E-state index >= 15 is 0 Å². The Balaban J connectivity index is 1.85. The van der Waals surface area contributed by atoms with Crippen molar-refractivity contribution in [2.24, 2.45) is 0 Å². The highest BCUT2D eigenvalue weighted by atomic mass is 79.9. The summed E-state index contributed by atoms with van der Waals surface area (Å²) in [6.45, 7) is 3.60. The molecule has 0 unspecified atom stereocenters. The van der Waals surface area contributed by atoms with Crippen molar-refractivity contribution in [1.29, 1.82) is 0 Å². The van der Waals surface area contributed by atoms with Gasteiger partial charge in [-0.3, -0.25) is 14.9 Å². The van der Waals surface area contributed by atoms with Crippen molar-refractivity contribution >= 4 is 44.1 Å². The van der Waals surface area contributed by atoms with Crippen molar-refractivity contribution in [3.63, 3.8) is 0 Å². The Morgan fingerprint density at radius 3 is 2.45 bits per heavy atom. The van der Waals surface area contributed by atoms with Crippen molar-refractivity contribution in [3.8, 4) is 11.3 Å². The first-order chi connectivity index (χ1) is 14.8. The van der Waals surface area contributed by atoms with Gasteiger partial charge in [0.2, 0.25) is 0 Å². The van der Waals surface area contributed by atoms with Crippen molar-refractivity contribution < 1.29 is 9.72 Å². The van der Waals surface area contributed by atoms with Crippen LogP contribution in [0, 0.1) is 24.0 Å². The molecule has 0 aliphatic carbocycles. The van der Waals surface area contributed by atoms with E-state index in [9.17, 15) is 14.9 Å². The molecule has 0 atom stereocenters. The number of hydrogen-bond acceptors (Lipinski definition) is 4. The van der Waals surface area contributed by atoms with Gasteiger partial charge in [-0.05, 0) is 43.7 Å². The van der Waals surface area contributed by atoms with Gasteiger partial charge in [0, 0.05) is 32.7 Å². The van der Waals surface area contributed by atoms with Gasteiger partial charge in [0.25, 0.3) is 11.6 Å². The number of nitrogens with one attached hydrogen (secondary N) is 1. The van der Waals surface area contributed by atoms with E-state index in [0.717, 1.165) is 21.1 Å². The number of amides is 1. The summed E-state index contributed by atoms with van der Waals surface area (Å²) in [5.74, 6) is -0.361. The summed E-state index contributed by atoms with van der Waals surface area (Å²) in [6, 6.07) is 19.8. The average Bonchev–Trinajstić information content (AvgIpc) is 2.75. The Bertz CT molecular complexity index is 1340. The number of fused-ring (bicyclic) bond motifs is 1. The largest absolute Gasteiger partial charge is 0.322 e. The highest BCUT2D eigenvalue weighted by molar-refractivity contribution is 9.10. The van der Waals surface area contributed by atoms with Crippen LogP contribution in [0.5, 0.6) is 0 Å². The summed E-state index contributed by atoms with van der Waals surface area (Å²) in [5.41, 5.74) is 4.53. The van der Waals surface area contributed by atoms with Gasteiger partial charge in [-0.15, -0.1) is 0 Å². The fourth-order valence-corrected chi connectivity index (χ4v) is 4.06. The van der Waals surface area contributed by atoms with Crippen LogP contribution < -0.4 is 5.32 Å². The molecule has 31 heavy (non-hydrogen) atoms. The van der Waals surface area contributed by atoms with E-state index in [0.29, 0.717) is 27.9 Å². The molecule has 1 N–H and O–H groups in total. The summed E-state index contributed by atoms with van der Waals surface area (Å²) in [5, 5.41) is 14.8. The molecule has 154 valence electrons. The number of nitrogens with zero attached hydrogens (tertiary/aromatic N) is 2. The van der Waals surface area contributed by atoms with Crippen molar-refractivity contribution in [1.82, 2.24) is 4.98 Å². The molecule has 0 saturated heterocycles. The topological polar surface area (TPSA) is 85.1 Å². The molecule has 0 radical (unpaired) electrons. The Hall–Kier alpha value is -3.58. The first-order valence-electron chi connectivity index (χ1n) is 9.56. The zero-order valence-electron chi connectivity index (χ0n) is 16.8. The molecule has 0 spiro atoms. The molecule has 0 bridgehead atoms. The van der Waals surface area contributed by atoms with Gasteiger partial charge in [-0.2, -0.15) is 0 Å². The van der Waals surface area contributed by atoms with Crippen LogP contribution in [0.3, 0.4) is 0 Å². The van der Waals surface area contributed by atoms with Gasteiger partial charge in [0.05, 0.1) is 21.7 Å². The summed E-state index contributed by atoms with van der Waals surface area (Å²) in [4.78, 5) is 28.9. The van der Waals surface area contributed by atoms with Gasteiger partial charge in [-0.1, -0.05) is 52.3 Å². The number of halogens is 1. The predicted octanol–water partition coefficient (Wildman–Crippen LogP) is 6.44. The number of anilines is 1. The van der Waals surface area contributed by atoms with Gasteiger partial charge in [-0.25, -0.2) is 4.98 Å². The lowest BCUT2D eigenvalue weighted by molar-refractivity contribution is -0.385. The third-order valence-electron chi connectivity index (χ3n) is 5.05. The molecule has 4 aromatic rings. The molecule has 0 aliphatic heterocycles. The monoisotopic (exact) mass is 475 g/mol. The van der Waals surface area contributed by atoms with Crippen LogP contribution in [0.25, 0.3) is 22.2 Å². The number of benzene rings is 3. The molecule has 0 aliphatic rings. The molecule has 7 heteroatoms. The summed E-state index contributed by atoms with van der Waals surface area (Å²) < 4.78 is 0.840. The summed E-state index contributed by atoms with van der Waals surface area (Å²) in [6.07, 6.45) is 0. The number of hydrogen-bond donors (Lipinski definition) is 1. The van der Waals surface area contributed by atoms with Gasteiger partial charge < -0.3 is 5.32 Å². The molecule has 6 nitrogen and oxygen atoms in total. The van der Waals surface area contributed by atoms with Crippen LogP contribution in [-0.4, -0.2) is 15.8 Å². The van der Waals surface area contributed by atoms with Crippen LogP contribution in [0.2, 0.25) is 0 Å². The molecule has 4 rings (SSSR count). The minimum Gasteiger partial charge on any atom is -0.322 e. The Kier molecular flexibility index (Phi) is 5.52. The lowest BCUT2D eigenvalue weighted by atomic mass is 10.0. The Morgan fingerprint density at radius 2 is 1.74 bits per heavy atom. The van der Waals surface area contributed by atoms with Crippen LogP contribution in [0.15, 0.2) is 71.2 Å². The van der Waals surface area contributed by atoms with E-state index in [1.165, 1.54) is 6.07 Å². The van der Waals surface area contributed by atoms with Gasteiger partial charge >= 0.3 is 0 Å². The smallest absolute Gasteiger partial charge is 0.274 e. The minimum absolute atomic E-state index is 0.0408. The third kappa shape index (κ3) is 4.18. The summed E-state index contributed by atoms with van der Waals surface area (Å²) >= 11 is 3.50. The fraction of sp³-hybridized carbons (Fsp3) is 0.0833. The maximum Gasteiger partial charge on any atom is 0.274 e. The summed E-state index contributed by atoms with van der Waals surface area (Å²) in [7, 11) is 0. The second-order valence-electron chi connectivity index (χ2n) is 7.25. The minimum atomic E-state index is -0.458. The molecule has 0 saturated carbocycles. The number of aryl methyl sites for hydroxylation is 2. The van der Waals surface area contributed by atoms with Gasteiger partial charge in [0.15, 0.2) is 0 Å². The molecule has 1 aromatic heterocycles. The highest BCUT2D eigenvalue weighted by Gasteiger charge is 2.18. The van der Waals surface area contributed by atoms with Crippen molar-refractivity contribution in [3.05, 3.63) is 98.0 Å². The van der Waals surface area contributed by atoms with Crippen LogP contribution >= 0.6 is 15.9 Å². The lowest BCUT2D eigenvalue weighted by Gasteiger charge is -2.13. The Morgan fingerprint density at radius 1 is 1.00 bits per heavy atom. The second-order valence-corrected chi connectivity index (χ2v) is 8.17. The Labute approximate surface area is 187 Å².